The van der Waals surface area contributed by atoms with Crippen molar-refractivity contribution >= 4 is 11.9 Å². The molecule has 6 heteroatoms. The maximum Gasteiger partial charge on any atom is 0.333 e. The van der Waals surface area contributed by atoms with Crippen LogP contribution in [-0.4, -0.2) is 44.7 Å². The summed E-state index contributed by atoms with van der Waals surface area (Å²) >= 11 is 0. The fourth-order valence-corrected chi connectivity index (χ4v) is 2.22. The van der Waals surface area contributed by atoms with Gasteiger partial charge in [-0.05, 0) is 20.3 Å². The molecule has 0 aliphatic carbocycles. The Morgan fingerprint density at radius 2 is 1.56 bits per heavy atom. The van der Waals surface area contributed by atoms with Gasteiger partial charge in [0.1, 0.15) is 13.2 Å². The first kappa shape index (κ1) is 21.4. The molecule has 6 nitrogen and oxygen atoms in total. The van der Waals surface area contributed by atoms with E-state index in [2.05, 4.69) is 13.2 Å². The van der Waals surface area contributed by atoms with Crippen LogP contribution in [0.5, 0.6) is 0 Å². The summed E-state index contributed by atoms with van der Waals surface area (Å²) in [5, 5.41) is 0. The molecule has 1 aliphatic heterocycles. The highest BCUT2D eigenvalue weighted by Gasteiger charge is 2.43. The minimum absolute atomic E-state index is 0.160. The third-order valence-electron chi connectivity index (χ3n) is 4.25. The van der Waals surface area contributed by atoms with Gasteiger partial charge in [-0.2, -0.15) is 0 Å². The topological polar surface area (TPSA) is 71.1 Å². The largest absolute Gasteiger partial charge is 0.462 e. The lowest BCUT2D eigenvalue weighted by molar-refractivity contribution is -0.280. The second-order valence-corrected chi connectivity index (χ2v) is 7.51. The van der Waals surface area contributed by atoms with E-state index >= 15 is 0 Å². The summed E-state index contributed by atoms with van der Waals surface area (Å²) < 4.78 is 22.3. The lowest BCUT2D eigenvalue weighted by atomic mass is 9.85. The van der Waals surface area contributed by atoms with Gasteiger partial charge in [-0.1, -0.05) is 33.9 Å². The Morgan fingerprint density at radius 1 is 1.08 bits per heavy atom. The Morgan fingerprint density at radius 3 is 2.00 bits per heavy atom. The molecule has 1 aliphatic rings. The van der Waals surface area contributed by atoms with Gasteiger partial charge in [0.15, 0.2) is 6.29 Å². The molecule has 0 atom stereocenters. The van der Waals surface area contributed by atoms with Crippen LogP contribution in [-0.2, 0) is 28.5 Å². The summed E-state index contributed by atoms with van der Waals surface area (Å²) in [6, 6.07) is 0. The van der Waals surface area contributed by atoms with E-state index < -0.39 is 23.6 Å². The molecule has 0 aromatic carbocycles. The molecule has 1 rings (SSSR count). The van der Waals surface area contributed by atoms with Crippen LogP contribution in [0, 0.1) is 10.8 Å². The van der Waals surface area contributed by atoms with E-state index in [-0.39, 0.29) is 18.6 Å². The first-order chi connectivity index (χ1) is 11.5. The molecule has 0 saturated carbocycles. The number of carbonyl (C=O) groups excluding carboxylic acids is 2. The van der Waals surface area contributed by atoms with E-state index in [4.69, 9.17) is 18.9 Å². The summed E-state index contributed by atoms with van der Waals surface area (Å²) in [4.78, 5) is 23.2. The third kappa shape index (κ3) is 5.97. The predicted octanol–water partition coefficient (Wildman–Crippen LogP) is 3.02. The third-order valence-corrected chi connectivity index (χ3v) is 4.25. The molecule has 0 spiro atoms. The van der Waals surface area contributed by atoms with Crippen molar-refractivity contribution in [1.82, 2.24) is 0 Å². The van der Waals surface area contributed by atoms with Gasteiger partial charge < -0.3 is 18.9 Å². The number of hydrogen-bond acceptors (Lipinski definition) is 6. The van der Waals surface area contributed by atoms with E-state index in [0.717, 1.165) is 6.42 Å². The van der Waals surface area contributed by atoms with Gasteiger partial charge in [0.25, 0.3) is 0 Å². The summed E-state index contributed by atoms with van der Waals surface area (Å²) in [6.45, 7) is 17.3. The second kappa shape index (κ2) is 8.63. The van der Waals surface area contributed by atoms with Crippen LogP contribution in [0.3, 0.4) is 0 Å². The molecule has 1 saturated heterocycles. The van der Waals surface area contributed by atoms with E-state index in [9.17, 15) is 9.59 Å². The summed E-state index contributed by atoms with van der Waals surface area (Å²) in [5.41, 5.74) is -0.182. The van der Waals surface area contributed by atoms with Gasteiger partial charge in [0.05, 0.1) is 18.6 Å². The van der Waals surface area contributed by atoms with Crippen LogP contribution in [0.15, 0.2) is 24.3 Å². The lowest BCUT2D eigenvalue weighted by Gasteiger charge is -2.43. The molecular formula is C19H30O6. The van der Waals surface area contributed by atoms with Gasteiger partial charge in [0, 0.05) is 16.6 Å². The number of carbonyl (C=O) groups is 2. The maximum absolute atomic E-state index is 11.6. The number of rotatable bonds is 8. The van der Waals surface area contributed by atoms with Crippen molar-refractivity contribution in [3.05, 3.63) is 24.3 Å². The minimum Gasteiger partial charge on any atom is -0.462 e. The maximum atomic E-state index is 11.6. The van der Waals surface area contributed by atoms with Gasteiger partial charge in [-0.3, -0.25) is 0 Å². The Kier molecular flexibility index (Phi) is 7.38. The number of esters is 2. The number of ether oxygens (including phenoxy) is 4. The van der Waals surface area contributed by atoms with Crippen LogP contribution in [0.4, 0.5) is 0 Å². The molecule has 0 radical (unpaired) electrons. The lowest BCUT2D eigenvalue weighted by Crippen LogP contribution is -2.50. The van der Waals surface area contributed by atoms with Gasteiger partial charge >= 0.3 is 11.9 Å². The fraction of sp³-hybridized carbons (Fsp3) is 0.684. The van der Waals surface area contributed by atoms with Crippen molar-refractivity contribution in [2.24, 2.45) is 10.8 Å². The molecule has 0 amide bonds. The van der Waals surface area contributed by atoms with Crippen LogP contribution < -0.4 is 0 Å². The zero-order valence-electron chi connectivity index (χ0n) is 16.0. The summed E-state index contributed by atoms with van der Waals surface area (Å²) in [5.74, 6) is -0.847. The molecule has 1 heterocycles. The average molecular weight is 354 g/mol. The molecule has 0 bridgehead atoms. The van der Waals surface area contributed by atoms with Crippen LogP contribution in [0.1, 0.15) is 41.0 Å². The van der Waals surface area contributed by atoms with Crippen molar-refractivity contribution in [3.8, 4) is 0 Å². The molecule has 1 fully saturated rings. The highest BCUT2D eigenvalue weighted by Crippen LogP contribution is 2.35. The molecule has 0 N–H and O–H groups in total. The molecule has 0 unspecified atom stereocenters. The molecule has 0 aromatic rings. The average Bonchev–Trinajstić information content (AvgIpc) is 2.57. The van der Waals surface area contributed by atoms with Crippen molar-refractivity contribution in [2.75, 3.05) is 26.4 Å². The monoisotopic (exact) mass is 354 g/mol. The van der Waals surface area contributed by atoms with Crippen LogP contribution in [0.2, 0.25) is 0 Å². The zero-order valence-corrected chi connectivity index (χ0v) is 16.0. The van der Waals surface area contributed by atoms with Crippen LogP contribution in [0.25, 0.3) is 0 Å². The molecular weight excluding hydrogens is 324 g/mol. The standard InChI is InChI=1S/C19H30O6/c1-8-19(10-23-16(21)14(4)5)11-24-17(25-12-19)18(6,7)9-22-15(20)13(2)3/h17H,2,4,8-12H2,1,3,5-7H3. The minimum atomic E-state index is -0.514. The van der Waals surface area contributed by atoms with Crippen molar-refractivity contribution in [3.63, 3.8) is 0 Å². The van der Waals surface area contributed by atoms with Crippen LogP contribution >= 0.6 is 0 Å². The highest BCUT2D eigenvalue weighted by molar-refractivity contribution is 5.87. The van der Waals surface area contributed by atoms with E-state index in [0.29, 0.717) is 24.4 Å². The van der Waals surface area contributed by atoms with Crippen molar-refractivity contribution in [1.29, 1.82) is 0 Å². The zero-order chi connectivity index (χ0) is 19.3. The van der Waals surface area contributed by atoms with E-state index in [1.807, 2.05) is 20.8 Å². The predicted molar refractivity (Wildman–Crippen MR) is 93.7 cm³/mol. The molecule has 142 valence electrons. The summed E-state index contributed by atoms with van der Waals surface area (Å²) in [7, 11) is 0. The van der Waals surface area contributed by atoms with Crippen molar-refractivity contribution in [2.45, 2.75) is 47.3 Å². The summed E-state index contributed by atoms with van der Waals surface area (Å²) in [6.07, 6.45) is 0.232. The fourth-order valence-electron chi connectivity index (χ4n) is 2.22. The Balaban J connectivity index is 2.59. The second-order valence-electron chi connectivity index (χ2n) is 7.51. The normalized spacial score (nSPS) is 23.6. The quantitative estimate of drug-likeness (QED) is 0.493. The first-order valence-corrected chi connectivity index (χ1v) is 8.41. The van der Waals surface area contributed by atoms with Gasteiger partial charge in [-0.25, -0.2) is 9.59 Å². The molecule has 0 aromatic heterocycles. The SMILES string of the molecule is C=C(C)C(=O)OCC1(CC)COC(C(C)(C)COC(=O)C(=C)C)OC1. The first-order valence-electron chi connectivity index (χ1n) is 8.41. The number of hydrogen-bond donors (Lipinski definition) is 0. The van der Waals surface area contributed by atoms with Crippen molar-refractivity contribution < 1.29 is 28.5 Å². The van der Waals surface area contributed by atoms with E-state index in [1.165, 1.54) is 0 Å². The highest BCUT2D eigenvalue weighted by atomic mass is 16.7. The van der Waals surface area contributed by atoms with Gasteiger partial charge in [-0.15, -0.1) is 0 Å². The smallest absolute Gasteiger partial charge is 0.333 e. The Labute approximate surface area is 150 Å². The Hall–Kier alpha value is -1.66. The Bertz CT molecular complexity index is 526. The molecule has 25 heavy (non-hydrogen) atoms. The van der Waals surface area contributed by atoms with E-state index in [1.54, 1.807) is 13.8 Å². The van der Waals surface area contributed by atoms with Gasteiger partial charge in [0.2, 0.25) is 0 Å².